The van der Waals surface area contributed by atoms with E-state index in [1.807, 2.05) is 23.1 Å². The number of non-ortho nitro benzene ring substituents is 1. The Morgan fingerprint density at radius 3 is 2.51 bits per heavy atom. The number of aromatic nitrogens is 2. The molecule has 1 fully saturated rings. The molecule has 1 aromatic heterocycles. The summed E-state index contributed by atoms with van der Waals surface area (Å²) in [5.74, 6) is 1.66. The van der Waals surface area contributed by atoms with E-state index < -0.39 is 9.85 Å². The molecule has 13 heteroatoms. The number of rotatable bonds is 7. The van der Waals surface area contributed by atoms with Crippen molar-refractivity contribution < 1.29 is 19.3 Å². The van der Waals surface area contributed by atoms with E-state index in [0.717, 1.165) is 23.6 Å². The Morgan fingerprint density at radius 2 is 1.74 bits per heavy atom. The van der Waals surface area contributed by atoms with Crippen molar-refractivity contribution in [3.8, 4) is 11.5 Å². The van der Waals surface area contributed by atoms with Crippen LogP contribution in [0.5, 0.6) is 11.5 Å². The number of nitrogens with zero attached hydrogens (tertiary/aromatic N) is 6. The van der Waals surface area contributed by atoms with Crippen LogP contribution >= 0.6 is 0 Å². The Labute approximate surface area is 199 Å². The van der Waals surface area contributed by atoms with Crippen LogP contribution in [-0.2, 0) is 6.54 Å². The van der Waals surface area contributed by atoms with Crippen LogP contribution in [0.1, 0.15) is 5.56 Å². The van der Waals surface area contributed by atoms with E-state index in [2.05, 4.69) is 20.2 Å². The van der Waals surface area contributed by atoms with Crippen molar-refractivity contribution in [1.82, 2.24) is 14.9 Å². The predicted molar refractivity (Wildman–Crippen MR) is 125 cm³/mol. The molecule has 5 rings (SSSR count). The first-order chi connectivity index (χ1) is 17.0. The zero-order valence-electron chi connectivity index (χ0n) is 18.5. The van der Waals surface area contributed by atoms with Gasteiger partial charge in [0.05, 0.1) is 9.85 Å². The fraction of sp³-hybridized carbons (Fsp3) is 0.273. The molecule has 0 aliphatic carbocycles. The normalized spacial score (nSPS) is 15.1. The fourth-order valence-corrected chi connectivity index (χ4v) is 4.11. The molecular formula is C22H21N7O6. The second-order valence-corrected chi connectivity index (χ2v) is 8.03. The first-order valence-electron chi connectivity index (χ1n) is 10.8. The van der Waals surface area contributed by atoms with Crippen LogP contribution in [0.2, 0.25) is 0 Å². The summed E-state index contributed by atoms with van der Waals surface area (Å²) >= 11 is 0. The molecule has 0 spiro atoms. The maximum absolute atomic E-state index is 12.0. The lowest BCUT2D eigenvalue weighted by Crippen LogP contribution is -2.46. The second kappa shape index (κ2) is 9.38. The molecule has 0 bridgehead atoms. The molecule has 0 radical (unpaired) electrons. The van der Waals surface area contributed by atoms with Crippen molar-refractivity contribution in [1.29, 1.82) is 0 Å². The minimum absolute atomic E-state index is 0.0247. The molecule has 0 unspecified atom stereocenters. The van der Waals surface area contributed by atoms with Crippen LogP contribution in [-0.4, -0.2) is 57.7 Å². The number of ether oxygens (including phenoxy) is 2. The maximum atomic E-state index is 12.0. The molecule has 180 valence electrons. The van der Waals surface area contributed by atoms with Gasteiger partial charge in [0, 0.05) is 50.5 Å². The first kappa shape index (κ1) is 22.3. The SMILES string of the molecule is O=[N+]([O-])c1cccc(Nc2ncnc(N3CCN(Cc4ccc5c(c4)OCO5)CC3)c2[N+](=O)[O-])c1. The summed E-state index contributed by atoms with van der Waals surface area (Å²) in [6.07, 6.45) is 1.25. The van der Waals surface area contributed by atoms with E-state index in [-0.39, 0.29) is 29.8 Å². The third kappa shape index (κ3) is 4.75. The van der Waals surface area contributed by atoms with Crippen molar-refractivity contribution >= 4 is 28.7 Å². The number of nitrogens with one attached hydrogen (secondary N) is 1. The Morgan fingerprint density at radius 1 is 0.943 bits per heavy atom. The summed E-state index contributed by atoms with van der Waals surface area (Å²) < 4.78 is 10.8. The number of piperazine rings is 1. The Balaban J connectivity index is 1.30. The molecule has 1 N–H and O–H groups in total. The fourth-order valence-electron chi connectivity index (χ4n) is 4.11. The quantitative estimate of drug-likeness (QED) is 0.393. The van der Waals surface area contributed by atoms with Gasteiger partial charge in [-0.05, 0) is 23.8 Å². The average molecular weight is 479 g/mol. The maximum Gasteiger partial charge on any atom is 0.353 e. The highest BCUT2D eigenvalue weighted by molar-refractivity contribution is 5.75. The van der Waals surface area contributed by atoms with Gasteiger partial charge in [-0.3, -0.25) is 25.1 Å². The van der Waals surface area contributed by atoms with E-state index in [1.165, 1.54) is 24.5 Å². The summed E-state index contributed by atoms with van der Waals surface area (Å²) in [5.41, 5.74) is 1.01. The summed E-state index contributed by atoms with van der Waals surface area (Å²) in [4.78, 5) is 34.3. The molecule has 0 atom stereocenters. The molecule has 1 saturated heterocycles. The predicted octanol–water partition coefficient (Wildman–Crippen LogP) is 3.09. The van der Waals surface area contributed by atoms with Crippen LogP contribution < -0.4 is 19.7 Å². The standard InChI is InChI=1S/C22H21N7O6/c30-28(31)17-3-1-2-16(11-17)25-21-20(29(32)33)22(24-13-23-21)27-8-6-26(7-9-27)12-15-4-5-18-19(10-15)35-14-34-18/h1-5,10-11,13H,6-9,12,14H2,(H,23,24,25). The highest BCUT2D eigenvalue weighted by Gasteiger charge is 2.29. The lowest BCUT2D eigenvalue weighted by atomic mass is 10.1. The topological polar surface area (TPSA) is 149 Å². The van der Waals surface area contributed by atoms with Gasteiger partial charge >= 0.3 is 5.69 Å². The van der Waals surface area contributed by atoms with Gasteiger partial charge in [-0.25, -0.2) is 9.97 Å². The monoisotopic (exact) mass is 479 g/mol. The summed E-state index contributed by atoms with van der Waals surface area (Å²) in [6.45, 7) is 3.40. The van der Waals surface area contributed by atoms with E-state index >= 15 is 0 Å². The molecule has 3 heterocycles. The third-order valence-electron chi connectivity index (χ3n) is 5.82. The highest BCUT2D eigenvalue weighted by atomic mass is 16.7. The van der Waals surface area contributed by atoms with Crippen LogP contribution in [0.15, 0.2) is 48.8 Å². The molecule has 2 aliphatic rings. The molecule has 13 nitrogen and oxygen atoms in total. The summed E-state index contributed by atoms with van der Waals surface area (Å²) in [6, 6.07) is 11.6. The molecule has 0 saturated carbocycles. The van der Waals surface area contributed by atoms with Crippen LogP contribution in [0.3, 0.4) is 0 Å². The van der Waals surface area contributed by atoms with Gasteiger partial charge in [0.15, 0.2) is 11.5 Å². The van der Waals surface area contributed by atoms with E-state index in [1.54, 1.807) is 6.07 Å². The first-order valence-corrected chi connectivity index (χ1v) is 10.8. The smallest absolute Gasteiger partial charge is 0.353 e. The second-order valence-electron chi connectivity index (χ2n) is 8.03. The minimum atomic E-state index is -0.534. The van der Waals surface area contributed by atoms with Crippen LogP contribution in [0, 0.1) is 20.2 Å². The van der Waals surface area contributed by atoms with Crippen molar-refractivity contribution in [2.45, 2.75) is 6.54 Å². The van der Waals surface area contributed by atoms with Crippen molar-refractivity contribution in [2.24, 2.45) is 0 Å². The van der Waals surface area contributed by atoms with Crippen LogP contribution in [0.25, 0.3) is 0 Å². The highest BCUT2D eigenvalue weighted by Crippen LogP contribution is 2.35. The Kier molecular flexibility index (Phi) is 5.97. The number of anilines is 3. The largest absolute Gasteiger partial charge is 0.454 e. The zero-order chi connectivity index (χ0) is 24.4. The van der Waals surface area contributed by atoms with E-state index in [9.17, 15) is 20.2 Å². The van der Waals surface area contributed by atoms with Gasteiger partial charge in [0.1, 0.15) is 6.33 Å². The molecule has 3 aromatic rings. The van der Waals surface area contributed by atoms with E-state index in [0.29, 0.717) is 31.9 Å². The van der Waals surface area contributed by atoms with Gasteiger partial charge in [-0.1, -0.05) is 12.1 Å². The van der Waals surface area contributed by atoms with Gasteiger partial charge in [0.25, 0.3) is 5.69 Å². The van der Waals surface area contributed by atoms with Crippen molar-refractivity contribution in [2.75, 3.05) is 43.2 Å². The lowest BCUT2D eigenvalue weighted by Gasteiger charge is -2.35. The van der Waals surface area contributed by atoms with Gasteiger partial charge in [-0.2, -0.15) is 0 Å². The number of nitro groups is 2. The molecule has 35 heavy (non-hydrogen) atoms. The summed E-state index contributed by atoms with van der Waals surface area (Å²) in [5, 5.41) is 25.9. The number of fused-ring (bicyclic) bond motifs is 1. The number of benzene rings is 2. The lowest BCUT2D eigenvalue weighted by molar-refractivity contribution is -0.384. The van der Waals surface area contributed by atoms with Gasteiger partial charge in [0.2, 0.25) is 18.4 Å². The van der Waals surface area contributed by atoms with Crippen LogP contribution in [0.4, 0.5) is 28.7 Å². The molecular weight excluding hydrogens is 458 g/mol. The van der Waals surface area contributed by atoms with E-state index in [4.69, 9.17) is 9.47 Å². The minimum Gasteiger partial charge on any atom is -0.454 e. The average Bonchev–Trinajstić information content (AvgIpc) is 3.32. The van der Waals surface area contributed by atoms with Gasteiger partial charge in [-0.15, -0.1) is 0 Å². The summed E-state index contributed by atoms with van der Waals surface area (Å²) in [7, 11) is 0. The zero-order valence-corrected chi connectivity index (χ0v) is 18.5. The number of hydrogen-bond acceptors (Lipinski definition) is 11. The molecule has 2 aromatic carbocycles. The van der Waals surface area contributed by atoms with Gasteiger partial charge < -0.3 is 19.7 Å². The Bertz CT molecular complexity index is 1280. The Hall–Kier alpha value is -4.52. The van der Waals surface area contributed by atoms with Crippen molar-refractivity contribution in [3.63, 3.8) is 0 Å². The number of nitro benzene ring substituents is 1. The molecule has 2 aliphatic heterocycles. The third-order valence-corrected chi connectivity index (χ3v) is 5.82. The number of hydrogen-bond donors (Lipinski definition) is 1. The molecule has 0 amide bonds. The van der Waals surface area contributed by atoms with Crippen molar-refractivity contribution in [3.05, 3.63) is 74.6 Å².